The Morgan fingerprint density at radius 3 is 2.80 bits per heavy atom. The zero-order valence-corrected chi connectivity index (χ0v) is 24.2. The van der Waals surface area contributed by atoms with Gasteiger partial charge in [0.15, 0.2) is 0 Å². The molecule has 5 rings (SSSR count). The molecule has 1 aliphatic heterocycles. The fourth-order valence-corrected chi connectivity index (χ4v) is 4.74. The molecule has 0 fully saturated rings. The largest absolute Gasteiger partial charge is 0.416 e. The Balaban J connectivity index is 1.41. The molecule has 0 spiro atoms. The van der Waals surface area contributed by atoms with Gasteiger partial charge >= 0.3 is 11.8 Å². The van der Waals surface area contributed by atoms with Crippen LogP contribution in [0.4, 0.5) is 11.6 Å². The predicted octanol–water partition coefficient (Wildman–Crippen LogP) is 4.01. The Hall–Kier alpha value is -4.16. The first-order chi connectivity index (χ1) is 19.7. The molecule has 0 radical (unpaired) electrons. The number of amides is 1. The van der Waals surface area contributed by atoms with Crippen LogP contribution in [0.2, 0.25) is 0 Å². The third-order valence-electron chi connectivity index (χ3n) is 6.88. The molecule has 12 nitrogen and oxygen atoms in total. The molecule has 4 heterocycles. The van der Waals surface area contributed by atoms with Gasteiger partial charge in [-0.05, 0) is 36.6 Å². The fourth-order valence-electron chi connectivity index (χ4n) is 4.74. The number of anilines is 2. The van der Waals surface area contributed by atoms with Crippen LogP contribution in [0.3, 0.4) is 0 Å². The molecule has 0 unspecified atom stereocenters. The number of nitrogens with zero attached hydrogens (tertiary/aromatic N) is 7. The minimum absolute atomic E-state index is 0.0276. The summed E-state index contributed by atoms with van der Waals surface area (Å²) in [5.74, 6) is 0.513. The zero-order valence-electron chi connectivity index (χ0n) is 24.2. The molecule has 1 aliphatic rings. The number of fused-ring (bicyclic) bond motifs is 1. The van der Waals surface area contributed by atoms with Gasteiger partial charge in [-0.15, -0.1) is 10.2 Å². The van der Waals surface area contributed by atoms with Gasteiger partial charge in [-0.1, -0.05) is 32.9 Å². The molecule has 41 heavy (non-hydrogen) atoms. The molecule has 216 valence electrons. The molecule has 0 saturated carbocycles. The standard InChI is InChI=1S/C29H37N9O3/c1-6-40-14-13-38-12-10-24(33-25(39)26-35-36-27(41-26)29(2,3)4)22-8-7-19(15-20(22)17-38)23-9-11-30-28(34-23)32-21-16-31-37(5)18-21/h7-9,11,15-16,18,24H,6,10,12-14,17H2,1-5H3,(H,33,39)(H,30,32,34)/t24-/m0/s1. The van der Waals surface area contributed by atoms with Crippen molar-refractivity contribution in [3.63, 3.8) is 0 Å². The first kappa shape index (κ1) is 28.4. The molecule has 4 aromatic rings. The molecule has 1 aromatic carbocycles. The number of carbonyl (C=O) groups is 1. The third-order valence-corrected chi connectivity index (χ3v) is 6.88. The number of hydrogen-bond acceptors (Lipinski definition) is 10. The van der Waals surface area contributed by atoms with Crippen molar-refractivity contribution in [1.29, 1.82) is 0 Å². The van der Waals surface area contributed by atoms with Crippen LogP contribution >= 0.6 is 0 Å². The van der Waals surface area contributed by atoms with E-state index in [1.54, 1.807) is 17.1 Å². The lowest BCUT2D eigenvalue weighted by Crippen LogP contribution is -2.31. The molecule has 12 heteroatoms. The van der Waals surface area contributed by atoms with Crippen LogP contribution in [0.15, 0.2) is 47.3 Å². The Morgan fingerprint density at radius 1 is 1.22 bits per heavy atom. The number of carbonyl (C=O) groups excluding carboxylic acids is 1. The van der Waals surface area contributed by atoms with Crippen LogP contribution in [-0.4, -0.2) is 67.1 Å². The van der Waals surface area contributed by atoms with Crippen molar-refractivity contribution in [2.24, 2.45) is 7.05 Å². The van der Waals surface area contributed by atoms with Crippen LogP contribution < -0.4 is 10.6 Å². The van der Waals surface area contributed by atoms with E-state index in [0.29, 0.717) is 25.1 Å². The van der Waals surface area contributed by atoms with Crippen molar-refractivity contribution >= 4 is 17.5 Å². The van der Waals surface area contributed by atoms with Crippen LogP contribution in [0.25, 0.3) is 11.3 Å². The molecule has 2 N–H and O–H groups in total. The van der Waals surface area contributed by atoms with Gasteiger partial charge in [0, 0.05) is 56.7 Å². The maximum absolute atomic E-state index is 13.2. The second-order valence-corrected chi connectivity index (χ2v) is 11.2. The summed E-state index contributed by atoms with van der Waals surface area (Å²) in [6.45, 7) is 11.5. The lowest BCUT2D eigenvalue weighted by molar-refractivity contribution is 0.0889. The van der Waals surface area contributed by atoms with E-state index in [1.807, 2.05) is 53.1 Å². The first-order valence-electron chi connectivity index (χ1n) is 13.9. The summed E-state index contributed by atoms with van der Waals surface area (Å²) in [6.07, 6.45) is 6.06. The van der Waals surface area contributed by atoms with E-state index in [0.717, 1.165) is 54.1 Å². The summed E-state index contributed by atoms with van der Waals surface area (Å²) >= 11 is 0. The normalized spacial score (nSPS) is 15.8. The lowest BCUT2D eigenvalue weighted by Gasteiger charge is -2.20. The minimum Gasteiger partial charge on any atom is -0.416 e. The van der Waals surface area contributed by atoms with Gasteiger partial charge in [0.05, 0.1) is 30.2 Å². The lowest BCUT2D eigenvalue weighted by atomic mass is 9.96. The Morgan fingerprint density at radius 2 is 2.07 bits per heavy atom. The van der Waals surface area contributed by atoms with E-state index in [2.05, 4.69) is 47.9 Å². The first-order valence-corrected chi connectivity index (χ1v) is 13.9. The molecule has 1 atom stereocenters. The molecular weight excluding hydrogens is 522 g/mol. The van der Waals surface area contributed by atoms with Crippen molar-refractivity contribution in [1.82, 2.24) is 40.2 Å². The minimum atomic E-state index is -0.377. The van der Waals surface area contributed by atoms with Crippen molar-refractivity contribution in [2.45, 2.75) is 52.1 Å². The summed E-state index contributed by atoms with van der Waals surface area (Å²) in [7, 11) is 1.86. The highest BCUT2D eigenvalue weighted by Gasteiger charge is 2.28. The second kappa shape index (κ2) is 12.1. The van der Waals surface area contributed by atoms with E-state index < -0.39 is 0 Å². The van der Waals surface area contributed by atoms with Crippen LogP contribution in [0.5, 0.6) is 0 Å². The quantitative estimate of drug-likeness (QED) is 0.289. The maximum Gasteiger partial charge on any atom is 0.309 e. The highest BCUT2D eigenvalue weighted by molar-refractivity contribution is 5.89. The van der Waals surface area contributed by atoms with E-state index in [9.17, 15) is 4.79 Å². The highest BCUT2D eigenvalue weighted by Crippen LogP contribution is 2.31. The van der Waals surface area contributed by atoms with Crippen LogP contribution in [-0.2, 0) is 23.7 Å². The molecule has 3 aromatic heterocycles. The van der Waals surface area contributed by atoms with Gasteiger partial charge in [0.1, 0.15) is 0 Å². The van der Waals surface area contributed by atoms with Gasteiger partial charge in [-0.3, -0.25) is 14.4 Å². The van der Waals surface area contributed by atoms with Gasteiger partial charge in [0.25, 0.3) is 0 Å². The summed E-state index contributed by atoms with van der Waals surface area (Å²) in [5, 5.41) is 18.6. The Bertz CT molecular complexity index is 1490. The smallest absolute Gasteiger partial charge is 0.309 e. The number of nitrogens with one attached hydrogen (secondary N) is 2. The van der Waals surface area contributed by atoms with Crippen molar-refractivity contribution in [3.05, 3.63) is 65.8 Å². The third kappa shape index (κ3) is 6.95. The van der Waals surface area contributed by atoms with Gasteiger partial charge < -0.3 is 19.8 Å². The average Bonchev–Trinajstić information content (AvgIpc) is 3.57. The monoisotopic (exact) mass is 559 g/mol. The van der Waals surface area contributed by atoms with E-state index in [-0.39, 0.29) is 23.3 Å². The van der Waals surface area contributed by atoms with E-state index in [4.69, 9.17) is 14.1 Å². The number of aryl methyl sites for hydroxylation is 1. The maximum atomic E-state index is 13.2. The summed E-state index contributed by atoms with van der Waals surface area (Å²) in [5.41, 5.74) is 4.39. The Kier molecular flexibility index (Phi) is 8.41. The fraction of sp³-hybridized carbons (Fsp3) is 0.448. The summed E-state index contributed by atoms with van der Waals surface area (Å²) < 4.78 is 13.0. The van der Waals surface area contributed by atoms with Gasteiger partial charge in [0.2, 0.25) is 11.8 Å². The topological polar surface area (TPSA) is 136 Å². The molecule has 0 aliphatic carbocycles. The van der Waals surface area contributed by atoms with Gasteiger partial charge in [-0.2, -0.15) is 5.10 Å². The second-order valence-electron chi connectivity index (χ2n) is 11.2. The number of rotatable bonds is 9. The highest BCUT2D eigenvalue weighted by atomic mass is 16.5. The predicted molar refractivity (Wildman–Crippen MR) is 154 cm³/mol. The van der Waals surface area contributed by atoms with Crippen LogP contribution in [0.1, 0.15) is 67.9 Å². The number of hydrogen-bond donors (Lipinski definition) is 2. The van der Waals surface area contributed by atoms with Crippen LogP contribution in [0, 0.1) is 0 Å². The summed E-state index contributed by atoms with van der Waals surface area (Å²) in [4.78, 5) is 24.6. The summed E-state index contributed by atoms with van der Waals surface area (Å²) in [6, 6.07) is 7.93. The van der Waals surface area contributed by atoms with Crippen molar-refractivity contribution < 1.29 is 13.9 Å². The zero-order chi connectivity index (χ0) is 29.0. The number of aromatic nitrogens is 6. The van der Waals surface area contributed by atoms with E-state index in [1.165, 1.54) is 0 Å². The average molecular weight is 560 g/mol. The Labute approximate surface area is 239 Å². The molecule has 0 bridgehead atoms. The van der Waals surface area contributed by atoms with E-state index >= 15 is 0 Å². The van der Waals surface area contributed by atoms with Gasteiger partial charge in [-0.25, -0.2) is 9.97 Å². The number of ether oxygens (including phenoxy) is 1. The SMILES string of the molecule is CCOCCN1CC[C@H](NC(=O)c2nnc(C(C)(C)C)o2)c2ccc(-c3ccnc(Nc4cnn(C)c4)n3)cc2C1. The number of benzene rings is 1. The molecular formula is C29H37N9O3. The molecule has 1 amide bonds. The van der Waals surface area contributed by atoms with Crippen molar-refractivity contribution in [2.75, 3.05) is 31.6 Å². The molecule has 0 saturated heterocycles. The van der Waals surface area contributed by atoms with Crippen molar-refractivity contribution in [3.8, 4) is 11.3 Å².